The third kappa shape index (κ3) is 4.12. The van der Waals surface area contributed by atoms with Crippen LogP contribution in [0.4, 0.5) is 10.7 Å². The fourth-order valence-electron chi connectivity index (χ4n) is 2.38. The fourth-order valence-corrected chi connectivity index (χ4v) is 3.76. The molecule has 2 aromatic rings. The summed E-state index contributed by atoms with van der Waals surface area (Å²) in [5, 5.41) is 13.8. The first-order chi connectivity index (χ1) is 13.1. The highest BCUT2D eigenvalue weighted by Crippen LogP contribution is 2.35. The molecule has 148 valence electrons. The van der Waals surface area contributed by atoms with Gasteiger partial charge in [0.1, 0.15) is 10.6 Å². The van der Waals surface area contributed by atoms with Gasteiger partial charge in [-0.3, -0.25) is 19.7 Å². The lowest BCUT2D eigenvalue weighted by molar-refractivity contribution is -0.385. The number of nitrogens with one attached hydrogen (secondary N) is 1. The Balaban J connectivity index is 2.54. The molecule has 1 aromatic carbocycles. The molecule has 9 nitrogen and oxygen atoms in total. The minimum atomic E-state index is -0.843. The van der Waals surface area contributed by atoms with E-state index in [9.17, 15) is 24.5 Å². The highest BCUT2D eigenvalue weighted by atomic mass is 35.5. The average molecular weight is 426 g/mol. The molecule has 0 bridgehead atoms. The minimum absolute atomic E-state index is 0.00994. The molecular formula is C17H16ClN3O6S. The van der Waals surface area contributed by atoms with Crippen molar-refractivity contribution >= 4 is 51.4 Å². The summed E-state index contributed by atoms with van der Waals surface area (Å²) in [6, 6.07) is 3.55. The summed E-state index contributed by atoms with van der Waals surface area (Å²) in [7, 11) is 4.26. The Labute approximate surface area is 169 Å². The molecule has 0 unspecified atom stereocenters. The molecule has 0 saturated carbocycles. The van der Waals surface area contributed by atoms with Crippen molar-refractivity contribution in [3.8, 4) is 0 Å². The van der Waals surface area contributed by atoms with E-state index in [-0.39, 0.29) is 31.9 Å². The van der Waals surface area contributed by atoms with Crippen molar-refractivity contribution in [3.63, 3.8) is 0 Å². The number of thiophene rings is 1. The first-order valence-electron chi connectivity index (χ1n) is 7.77. The number of anilines is 1. The maximum atomic E-state index is 12.7. The number of benzene rings is 1. The van der Waals surface area contributed by atoms with Gasteiger partial charge in [-0.05, 0) is 24.6 Å². The molecule has 1 aromatic heterocycles. The van der Waals surface area contributed by atoms with Crippen LogP contribution in [-0.2, 0) is 4.74 Å². The van der Waals surface area contributed by atoms with E-state index in [4.69, 9.17) is 16.3 Å². The normalized spacial score (nSPS) is 10.3. The number of nitrogens with zero attached hydrogens (tertiary/aromatic N) is 2. The summed E-state index contributed by atoms with van der Waals surface area (Å²) in [5.41, 5.74) is -0.374. The lowest BCUT2D eigenvalue weighted by Gasteiger charge is -2.08. The molecule has 0 spiro atoms. The molecule has 0 aliphatic carbocycles. The van der Waals surface area contributed by atoms with Crippen molar-refractivity contribution in [3.05, 3.63) is 54.9 Å². The Morgan fingerprint density at radius 3 is 2.46 bits per heavy atom. The van der Waals surface area contributed by atoms with Gasteiger partial charge in [-0.15, -0.1) is 11.3 Å². The molecule has 0 radical (unpaired) electrons. The van der Waals surface area contributed by atoms with Crippen molar-refractivity contribution in [2.75, 3.05) is 26.5 Å². The van der Waals surface area contributed by atoms with Gasteiger partial charge in [-0.1, -0.05) is 11.6 Å². The van der Waals surface area contributed by atoms with E-state index in [0.717, 1.165) is 23.5 Å². The van der Waals surface area contributed by atoms with Crippen LogP contribution in [0.15, 0.2) is 18.2 Å². The van der Waals surface area contributed by atoms with Crippen molar-refractivity contribution in [1.29, 1.82) is 0 Å². The minimum Gasteiger partial charge on any atom is -0.465 e. The third-order valence-corrected chi connectivity index (χ3v) is 5.19. The van der Waals surface area contributed by atoms with Crippen LogP contribution < -0.4 is 5.32 Å². The van der Waals surface area contributed by atoms with Crippen LogP contribution in [0.2, 0.25) is 5.02 Å². The van der Waals surface area contributed by atoms with E-state index in [1.807, 2.05) is 0 Å². The number of ether oxygens (including phenoxy) is 1. The zero-order chi connectivity index (χ0) is 21.2. The third-order valence-electron chi connectivity index (χ3n) is 3.76. The molecule has 1 N–H and O–H groups in total. The molecule has 11 heteroatoms. The van der Waals surface area contributed by atoms with Gasteiger partial charge in [0.15, 0.2) is 0 Å². The van der Waals surface area contributed by atoms with Gasteiger partial charge >= 0.3 is 5.97 Å². The topological polar surface area (TPSA) is 119 Å². The molecule has 0 aliphatic heterocycles. The summed E-state index contributed by atoms with van der Waals surface area (Å²) in [6.07, 6.45) is 0. The monoisotopic (exact) mass is 425 g/mol. The van der Waals surface area contributed by atoms with Crippen LogP contribution in [0.5, 0.6) is 0 Å². The van der Waals surface area contributed by atoms with Crippen LogP contribution in [0, 0.1) is 17.0 Å². The molecule has 0 aliphatic rings. The summed E-state index contributed by atoms with van der Waals surface area (Å²) >= 11 is 6.74. The number of carbonyl (C=O) groups is 3. The van der Waals surface area contributed by atoms with Gasteiger partial charge < -0.3 is 15.0 Å². The largest absolute Gasteiger partial charge is 0.465 e. The highest BCUT2D eigenvalue weighted by molar-refractivity contribution is 7.18. The number of halogens is 1. The van der Waals surface area contributed by atoms with Gasteiger partial charge in [-0.2, -0.15) is 0 Å². The second kappa shape index (κ2) is 8.36. The maximum absolute atomic E-state index is 12.7. The zero-order valence-corrected chi connectivity index (χ0v) is 16.9. The Morgan fingerprint density at radius 2 is 1.93 bits per heavy atom. The molecule has 0 atom stereocenters. The molecule has 2 rings (SSSR count). The molecule has 28 heavy (non-hydrogen) atoms. The van der Waals surface area contributed by atoms with E-state index in [2.05, 4.69) is 5.32 Å². The quantitative estimate of drug-likeness (QED) is 0.445. The van der Waals surface area contributed by atoms with Gasteiger partial charge in [0.2, 0.25) is 0 Å². The van der Waals surface area contributed by atoms with Crippen LogP contribution >= 0.6 is 22.9 Å². The smallest absolute Gasteiger partial charge is 0.341 e. The second-order valence-corrected chi connectivity index (χ2v) is 7.28. The molecular weight excluding hydrogens is 410 g/mol. The average Bonchev–Trinajstić information content (AvgIpc) is 2.95. The maximum Gasteiger partial charge on any atom is 0.341 e. The van der Waals surface area contributed by atoms with Crippen molar-refractivity contribution in [2.24, 2.45) is 0 Å². The van der Waals surface area contributed by atoms with E-state index in [0.29, 0.717) is 5.56 Å². The predicted octanol–water partition coefficient (Wildman–Crippen LogP) is 3.36. The molecule has 2 amide bonds. The van der Waals surface area contributed by atoms with E-state index >= 15 is 0 Å². The Kier molecular flexibility index (Phi) is 6.37. The lowest BCUT2D eigenvalue weighted by atomic mass is 10.1. The van der Waals surface area contributed by atoms with Crippen molar-refractivity contribution in [2.45, 2.75) is 6.92 Å². The SMILES string of the molecule is COC(=O)c1c(NC(=O)c2cc(Cl)ccc2[N+](=O)[O-])sc(C(=O)N(C)C)c1C. The van der Waals surface area contributed by atoms with Crippen LogP contribution in [0.3, 0.4) is 0 Å². The standard InChI is InChI=1S/C17H16ClN3O6S/c1-8-12(17(24)27-4)15(28-13(8)16(23)20(2)3)19-14(22)10-7-9(18)5-6-11(10)21(25)26/h5-7H,1-4H3,(H,19,22). The van der Waals surface area contributed by atoms with Gasteiger partial charge in [0.25, 0.3) is 17.5 Å². The second-order valence-electron chi connectivity index (χ2n) is 5.82. The summed E-state index contributed by atoms with van der Waals surface area (Å²) in [6.45, 7) is 1.55. The van der Waals surface area contributed by atoms with Crippen LogP contribution in [0.25, 0.3) is 0 Å². The van der Waals surface area contributed by atoms with Gasteiger partial charge in [0.05, 0.1) is 22.5 Å². The number of rotatable bonds is 5. The summed E-state index contributed by atoms with van der Waals surface area (Å²) in [4.78, 5) is 49.2. The number of hydrogen-bond donors (Lipinski definition) is 1. The number of esters is 1. The van der Waals surface area contributed by atoms with E-state index in [1.54, 1.807) is 21.0 Å². The zero-order valence-electron chi connectivity index (χ0n) is 15.4. The first kappa shape index (κ1) is 21.3. The predicted molar refractivity (Wildman–Crippen MR) is 104 cm³/mol. The van der Waals surface area contributed by atoms with Gasteiger partial charge in [0, 0.05) is 25.2 Å². The summed E-state index contributed by atoms with van der Waals surface area (Å²) < 4.78 is 4.74. The molecule has 0 saturated heterocycles. The number of methoxy groups -OCH3 is 1. The lowest BCUT2D eigenvalue weighted by Crippen LogP contribution is -2.21. The Morgan fingerprint density at radius 1 is 1.29 bits per heavy atom. The fraction of sp³-hybridized carbons (Fsp3) is 0.235. The Hall–Kier alpha value is -2.98. The van der Waals surface area contributed by atoms with Crippen molar-refractivity contribution in [1.82, 2.24) is 4.90 Å². The van der Waals surface area contributed by atoms with Crippen molar-refractivity contribution < 1.29 is 24.0 Å². The molecule has 0 fully saturated rings. The number of nitro benzene ring substituents is 1. The van der Waals surface area contributed by atoms with Gasteiger partial charge in [-0.25, -0.2) is 4.79 Å². The number of hydrogen-bond acceptors (Lipinski definition) is 7. The van der Waals surface area contributed by atoms with E-state index in [1.165, 1.54) is 18.1 Å². The van der Waals surface area contributed by atoms with E-state index < -0.39 is 22.5 Å². The Bertz CT molecular complexity index is 986. The van der Waals surface area contributed by atoms with Crippen LogP contribution in [-0.4, -0.2) is 48.8 Å². The molecule has 1 heterocycles. The van der Waals surface area contributed by atoms with Crippen LogP contribution in [0.1, 0.15) is 36.0 Å². The summed E-state index contributed by atoms with van der Waals surface area (Å²) in [5.74, 6) is -1.95. The number of amides is 2. The first-order valence-corrected chi connectivity index (χ1v) is 8.96. The number of nitro groups is 1. The number of carbonyl (C=O) groups excluding carboxylic acids is 3. The highest BCUT2D eigenvalue weighted by Gasteiger charge is 2.29.